The molecule has 3 N–H and O–H groups in total. The fraction of sp³-hybridized carbons (Fsp3) is 0.250. The Morgan fingerprint density at radius 1 is 1.32 bits per heavy atom. The summed E-state index contributed by atoms with van der Waals surface area (Å²) in [5, 5.41) is 2.33. The first kappa shape index (κ1) is 14.9. The molecule has 1 aromatic carbocycles. The molecule has 102 valence electrons. The average molecular weight is 281 g/mol. The number of thiocarbonyl (C=S) groups is 1. The van der Waals surface area contributed by atoms with Gasteiger partial charge in [0.05, 0.1) is 0 Å². The molecule has 6 nitrogen and oxygen atoms in total. The molecule has 1 aromatic rings. The zero-order valence-electron chi connectivity index (χ0n) is 10.6. The predicted molar refractivity (Wildman–Crippen MR) is 74.4 cm³/mol. The van der Waals surface area contributed by atoms with Gasteiger partial charge in [0, 0.05) is 6.92 Å². The molecule has 0 atom stereocenters. The lowest BCUT2D eigenvalue weighted by Crippen LogP contribution is -2.49. The summed E-state index contributed by atoms with van der Waals surface area (Å²) < 4.78 is 5.28. The van der Waals surface area contributed by atoms with E-state index in [0.717, 1.165) is 5.56 Å². The molecule has 0 aromatic heterocycles. The molecule has 0 aliphatic carbocycles. The summed E-state index contributed by atoms with van der Waals surface area (Å²) in [7, 11) is 0. The highest BCUT2D eigenvalue weighted by atomic mass is 32.1. The van der Waals surface area contributed by atoms with Crippen molar-refractivity contribution in [2.24, 2.45) is 0 Å². The Kier molecular flexibility index (Phi) is 5.74. The van der Waals surface area contributed by atoms with Gasteiger partial charge in [0.25, 0.3) is 5.91 Å². The summed E-state index contributed by atoms with van der Waals surface area (Å²) >= 11 is 4.74. The van der Waals surface area contributed by atoms with E-state index in [0.29, 0.717) is 5.75 Å². The summed E-state index contributed by atoms with van der Waals surface area (Å²) in [6, 6.07) is 7.35. The van der Waals surface area contributed by atoms with Crippen LogP contribution in [0.3, 0.4) is 0 Å². The van der Waals surface area contributed by atoms with E-state index in [-0.39, 0.29) is 17.6 Å². The lowest BCUT2D eigenvalue weighted by atomic mass is 10.2. The molecule has 1 rings (SSSR count). The molecule has 0 fully saturated rings. The molecule has 0 aliphatic heterocycles. The van der Waals surface area contributed by atoms with Crippen LogP contribution in [0, 0.1) is 6.92 Å². The van der Waals surface area contributed by atoms with E-state index in [2.05, 4.69) is 16.2 Å². The van der Waals surface area contributed by atoms with Crippen LogP contribution < -0.4 is 20.9 Å². The van der Waals surface area contributed by atoms with E-state index in [4.69, 9.17) is 17.0 Å². The van der Waals surface area contributed by atoms with Gasteiger partial charge in [0.2, 0.25) is 5.91 Å². The van der Waals surface area contributed by atoms with Crippen molar-refractivity contribution in [1.29, 1.82) is 0 Å². The summed E-state index contributed by atoms with van der Waals surface area (Å²) in [5.41, 5.74) is 5.73. The quantitative estimate of drug-likeness (QED) is 0.552. The Morgan fingerprint density at radius 2 is 2.05 bits per heavy atom. The zero-order chi connectivity index (χ0) is 14.3. The number of carbonyl (C=O) groups excluding carboxylic acids is 2. The van der Waals surface area contributed by atoms with Crippen molar-refractivity contribution in [3.8, 4) is 5.75 Å². The van der Waals surface area contributed by atoms with Gasteiger partial charge >= 0.3 is 0 Å². The lowest BCUT2D eigenvalue weighted by molar-refractivity contribution is -0.124. The normalized spacial score (nSPS) is 9.37. The molecule has 19 heavy (non-hydrogen) atoms. The van der Waals surface area contributed by atoms with E-state index >= 15 is 0 Å². The van der Waals surface area contributed by atoms with Crippen molar-refractivity contribution < 1.29 is 14.3 Å². The minimum atomic E-state index is -0.408. The first-order valence-corrected chi connectivity index (χ1v) is 5.94. The van der Waals surface area contributed by atoms with E-state index in [1.54, 1.807) is 6.07 Å². The topological polar surface area (TPSA) is 79.5 Å². The monoisotopic (exact) mass is 281 g/mol. The molecule has 0 spiro atoms. The molecule has 0 unspecified atom stereocenters. The highest BCUT2D eigenvalue weighted by molar-refractivity contribution is 7.80. The number of amides is 2. The maximum absolute atomic E-state index is 11.4. The number of hydrogen-bond donors (Lipinski definition) is 3. The van der Waals surface area contributed by atoms with Gasteiger partial charge in [-0.1, -0.05) is 12.1 Å². The van der Waals surface area contributed by atoms with Gasteiger partial charge < -0.3 is 10.1 Å². The van der Waals surface area contributed by atoms with Crippen LogP contribution in [0.1, 0.15) is 12.5 Å². The Hall–Kier alpha value is -2.15. The Labute approximate surface area is 116 Å². The van der Waals surface area contributed by atoms with Gasteiger partial charge in [-0.2, -0.15) is 0 Å². The maximum Gasteiger partial charge on any atom is 0.276 e. The molecular weight excluding hydrogens is 266 g/mol. The van der Waals surface area contributed by atoms with Crippen LogP contribution in [0.5, 0.6) is 5.75 Å². The van der Waals surface area contributed by atoms with E-state index in [9.17, 15) is 9.59 Å². The van der Waals surface area contributed by atoms with Crippen LogP contribution in [-0.2, 0) is 9.59 Å². The van der Waals surface area contributed by atoms with Crippen LogP contribution in [0.25, 0.3) is 0 Å². The largest absolute Gasteiger partial charge is 0.484 e. The molecular formula is C12H15N3O3S. The molecule has 7 heteroatoms. The fourth-order valence-corrected chi connectivity index (χ4v) is 1.40. The fourth-order valence-electron chi connectivity index (χ4n) is 1.21. The van der Waals surface area contributed by atoms with Crippen LogP contribution in [0.2, 0.25) is 0 Å². The van der Waals surface area contributed by atoms with E-state index in [1.165, 1.54) is 6.92 Å². The molecule has 0 bridgehead atoms. The highest BCUT2D eigenvalue weighted by Crippen LogP contribution is 2.11. The van der Waals surface area contributed by atoms with Crippen molar-refractivity contribution >= 4 is 29.1 Å². The third-order valence-electron chi connectivity index (χ3n) is 1.96. The lowest BCUT2D eigenvalue weighted by Gasteiger charge is -2.10. The smallest absolute Gasteiger partial charge is 0.276 e. The molecule has 0 saturated carbocycles. The molecule has 2 amide bonds. The Bertz CT molecular complexity index is 491. The van der Waals surface area contributed by atoms with Crippen molar-refractivity contribution in [2.75, 3.05) is 6.61 Å². The van der Waals surface area contributed by atoms with Gasteiger partial charge in [0.1, 0.15) is 5.75 Å². The van der Waals surface area contributed by atoms with Gasteiger partial charge in [0.15, 0.2) is 11.7 Å². The van der Waals surface area contributed by atoms with Crippen LogP contribution in [0.4, 0.5) is 0 Å². The number of benzene rings is 1. The van der Waals surface area contributed by atoms with E-state index < -0.39 is 5.91 Å². The highest BCUT2D eigenvalue weighted by Gasteiger charge is 2.04. The molecule has 0 radical (unpaired) electrons. The van der Waals surface area contributed by atoms with Crippen molar-refractivity contribution in [3.05, 3.63) is 29.8 Å². The maximum atomic E-state index is 11.4. The minimum Gasteiger partial charge on any atom is -0.484 e. The standard InChI is InChI=1S/C12H15N3O3S/c1-8-4-3-5-10(6-8)18-7-11(17)14-15-12(19)13-9(2)16/h3-6H,7H2,1-2H3,(H,14,17)(H2,13,15,16,19). The first-order valence-electron chi connectivity index (χ1n) is 5.53. The number of ether oxygens (including phenoxy) is 1. The Morgan fingerprint density at radius 3 is 2.68 bits per heavy atom. The summed E-state index contributed by atoms with van der Waals surface area (Å²) in [6.45, 7) is 3.09. The third kappa shape index (κ3) is 6.37. The molecule has 0 saturated heterocycles. The summed E-state index contributed by atoms with van der Waals surface area (Å²) in [4.78, 5) is 22.1. The van der Waals surface area contributed by atoms with Crippen LogP contribution >= 0.6 is 12.2 Å². The minimum absolute atomic E-state index is 0.0244. The second kappa shape index (κ2) is 7.32. The number of aryl methyl sites for hydroxylation is 1. The molecule has 0 aliphatic rings. The number of rotatable bonds is 3. The number of hydrogen-bond acceptors (Lipinski definition) is 4. The van der Waals surface area contributed by atoms with Gasteiger partial charge in [-0.15, -0.1) is 0 Å². The third-order valence-corrected chi connectivity index (χ3v) is 2.17. The second-order valence-corrected chi connectivity index (χ2v) is 4.20. The van der Waals surface area contributed by atoms with Gasteiger partial charge in [-0.3, -0.25) is 20.4 Å². The average Bonchev–Trinajstić information content (AvgIpc) is 2.33. The SMILES string of the molecule is CC(=O)NC(=S)NNC(=O)COc1cccc(C)c1. The van der Waals surface area contributed by atoms with Crippen molar-refractivity contribution in [1.82, 2.24) is 16.2 Å². The summed E-state index contributed by atoms with van der Waals surface area (Å²) in [5.74, 6) is -0.114. The first-order chi connectivity index (χ1) is 8.97. The van der Waals surface area contributed by atoms with Crippen molar-refractivity contribution in [2.45, 2.75) is 13.8 Å². The predicted octanol–water partition coefficient (Wildman–Crippen LogP) is 0.416. The van der Waals surface area contributed by atoms with E-state index in [1.807, 2.05) is 25.1 Å². The number of nitrogens with one attached hydrogen (secondary N) is 3. The van der Waals surface area contributed by atoms with Crippen LogP contribution in [0.15, 0.2) is 24.3 Å². The van der Waals surface area contributed by atoms with Crippen LogP contribution in [-0.4, -0.2) is 23.5 Å². The summed E-state index contributed by atoms with van der Waals surface area (Å²) in [6.07, 6.45) is 0. The number of hydrazine groups is 1. The second-order valence-electron chi connectivity index (χ2n) is 3.79. The van der Waals surface area contributed by atoms with Crippen molar-refractivity contribution in [3.63, 3.8) is 0 Å². The Balaban J connectivity index is 2.28. The van der Waals surface area contributed by atoms with Gasteiger partial charge in [-0.25, -0.2) is 0 Å². The number of carbonyl (C=O) groups is 2. The van der Waals surface area contributed by atoms with Gasteiger partial charge in [-0.05, 0) is 36.8 Å². The zero-order valence-corrected chi connectivity index (χ0v) is 11.5. The molecule has 0 heterocycles.